The highest BCUT2D eigenvalue weighted by Gasteiger charge is 2.27. The van der Waals surface area contributed by atoms with Gasteiger partial charge in [-0.1, -0.05) is 55.4 Å². The van der Waals surface area contributed by atoms with Crippen molar-refractivity contribution in [2.45, 2.75) is 104 Å². The van der Waals surface area contributed by atoms with Crippen LogP contribution in [0.3, 0.4) is 0 Å². The fraction of sp³-hybridized carbons (Fsp3) is 0.846. The second-order valence-corrected chi connectivity index (χ2v) is 10.8. The molecule has 14 N–H and O–H groups in total. The summed E-state index contributed by atoms with van der Waals surface area (Å²) in [7, 11) is 2.83. The van der Waals surface area contributed by atoms with Crippen LogP contribution in [0.1, 0.15) is 55.4 Å². The third-order valence-corrected chi connectivity index (χ3v) is 5.64. The van der Waals surface area contributed by atoms with Gasteiger partial charge in [0.25, 0.3) is 11.8 Å². The highest BCUT2D eigenvalue weighted by atomic mass is 16.4. The number of likely N-dealkylation sites (N-methyl/N-ethyl adjacent to an activating group) is 2. The Balaban J connectivity index is -0.000000229. The molecule has 4 amide bonds. The molecule has 0 aliphatic heterocycles. The van der Waals surface area contributed by atoms with Crippen molar-refractivity contribution in [3.8, 4) is 0 Å². The van der Waals surface area contributed by atoms with Crippen molar-refractivity contribution >= 4 is 23.6 Å². The van der Waals surface area contributed by atoms with Crippen LogP contribution in [-0.4, -0.2) is 127 Å². The first-order valence-electron chi connectivity index (χ1n) is 13.4. The summed E-state index contributed by atoms with van der Waals surface area (Å²) in [6, 6.07) is 0. The van der Waals surface area contributed by atoms with Gasteiger partial charge in [0.15, 0.2) is 24.4 Å². The van der Waals surface area contributed by atoms with Crippen LogP contribution in [0.2, 0.25) is 0 Å². The van der Waals surface area contributed by atoms with Gasteiger partial charge in [0.05, 0.1) is 24.4 Å². The van der Waals surface area contributed by atoms with Gasteiger partial charge in [-0.2, -0.15) is 0 Å². The maximum Gasteiger partial charge on any atom is 0.251 e. The highest BCUT2D eigenvalue weighted by molar-refractivity contribution is 5.81. The van der Waals surface area contributed by atoms with Crippen molar-refractivity contribution in [1.29, 1.82) is 0 Å². The molecular formula is C26H56N4O12. The molecule has 0 saturated heterocycles. The van der Waals surface area contributed by atoms with Crippen LogP contribution in [0.5, 0.6) is 0 Å². The highest BCUT2D eigenvalue weighted by Crippen LogP contribution is 2.07. The van der Waals surface area contributed by atoms with Gasteiger partial charge in [-0.3, -0.25) is 19.2 Å². The average Bonchev–Trinajstić information content (AvgIpc) is 2.93. The number of amides is 4. The minimum Gasteiger partial charge on any atom is -0.390 e. The van der Waals surface area contributed by atoms with Gasteiger partial charge in [-0.25, -0.2) is 0 Å². The van der Waals surface area contributed by atoms with Crippen molar-refractivity contribution < 1.29 is 60.0 Å². The predicted molar refractivity (Wildman–Crippen MR) is 154 cm³/mol. The molecule has 16 nitrogen and oxygen atoms in total. The first-order valence-corrected chi connectivity index (χ1v) is 13.4. The van der Waals surface area contributed by atoms with E-state index < -0.39 is 72.5 Å². The van der Waals surface area contributed by atoms with E-state index in [1.807, 2.05) is 0 Å². The molecule has 0 saturated carbocycles. The fourth-order valence-corrected chi connectivity index (χ4v) is 2.40. The van der Waals surface area contributed by atoms with E-state index in [9.17, 15) is 29.4 Å². The van der Waals surface area contributed by atoms with Crippen LogP contribution in [-0.2, 0) is 19.2 Å². The number of hydrogen-bond donors (Lipinski definition) is 12. The van der Waals surface area contributed by atoms with Gasteiger partial charge in [0.2, 0.25) is 11.8 Å². The van der Waals surface area contributed by atoms with E-state index in [-0.39, 0.29) is 23.7 Å². The zero-order chi connectivity index (χ0) is 34.7. The second-order valence-electron chi connectivity index (χ2n) is 10.8. The second kappa shape index (κ2) is 24.0. The monoisotopic (exact) mass is 616 g/mol. The topological polar surface area (TPSA) is 306 Å². The number of primary amides is 2. The summed E-state index contributed by atoms with van der Waals surface area (Å²) in [5.74, 6) is -3.45. The van der Waals surface area contributed by atoms with Crippen LogP contribution < -0.4 is 22.1 Å². The SMILES string of the molecule is CC(C)[C@@H](O)[C@@H](O)C(N)=O.CC(C)[C@H](O)[C@H](O)C(N)=O.CNC(=O)[C@@H](O)[C@@H](O)C(C)C.CNC(=O)[C@H](O)[C@H](O)C(C)C. The summed E-state index contributed by atoms with van der Waals surface area (Å²) in [5, 5.41) is 76.8. The molecular weight excluding hydrogens is 560 g/mol. The van der Waals surface area contributed by atoms with Crippen LogP contribution in [0, 0.1) is 23.7 Å². The molecule has 16 heteroatoms. The molecule has 0 aliphatic rings. The predicted octanol–water partition coefficient (Wildman–Crippen LogP) is -4.08. The van der Waals surface area contributed by atoms with E-state index in [1.54, 1.807) is 55.4 Å². The molecule has 42 heavy (non-hydrogen) atoms. The number of nitrogens with two attached hydrogens (primary N) is 2. The molecule has 0 rings (SSSR count). The summed E-state index contributed by atoms with van der Waals surface area (Å²) in [5.41, 5.74) is 9.45. The van der Waals surface area contributed by atoms with Crippen LogP contribution >= 0.6 is 0 Å². The molecule has 8 atom stereocenters. The van der Waals surface area contributed by atoms with Gasteiger partial charge >= 0.3 is 0 Å². The van der Waals surface area contributed by atoms with Gasteiger partial charge in [-0.05, 0) is 23.7 Å². The standard InChI is InChI=1S/2C7H15NO3.2C6H13NO3/c2*1-4(2)5(9)6(10)7(11)8-3;2*1-3(2)4(8)5(9)6(7)10/h2*4-6,9-10H,1-3H3,(H,8,11);2*3-5,8-9H,1-2H3,(H2,7,10)/t2*5-,6-;2*4-,5-/m1010/s1. The largest absolute Gasteiger partial charge is 0.390 e. The Bertz CT molecular complexity index is 706. The molecule has 0 aromatic rings. The Kier molecular flexibility index (Phi) is 26.6. The minimum absolute atomic E-state index is 0.123. The van der Waals surface area contributed by atoms with Gasteiger partial charge in [0, 0.05) is 14.1 Å². The molecule has 252 valence electrons. The number of aliphatic hydroxyl groups is 8. The Morgan fingerprint density at radius 3 is 0.690 bits per heavy atom. The number of aliphatic hydroxyl groups excluding tert-OH is 8. The zero-order valence-electron chi connectivity index (χ0n) is 26.3. The number of nitrogens with one attached hydrogen (secondary N) is 2. The minimum atomic E-state index is -1.44. The van der Waals surface area contributed by atoms with Crippen LogP contribution in [0.4, 0.5) is 0 Å². The molecule has 0 aromatic heterocycles. The quantitative estimate of drug-likeness (QED) is 0.0996. The lowest BCUT2D eigenvalue weighted by Gasteiger charge is -2.19. The van der Waals surface area contributed by atoms with E-state index in [0.717, 1.165) is 0 Å². The maximum absolute atomic E-state index is 10.7. The molecule has 0 radical (unpaired) electrons. The first kappa shape index (κ1) is 46.5. The lowest BCUT2D eigenvalue weighted by Crippen LogP contribution is -2.42. The molecule has 0 spiro atoms. The van der Waals surface area contributed by atoms with E-state index >= 15 is 0 Å². The maximum atomic E-state index is 10.7. The first-order chi connectivity index (χ1) is 18.9. The number of carbonyl (C=O) groups excluding carboxylic acids is 4. The third kappa shape index (κ3) is 20.4. The fourth-order valence-electron chi connectivity index (χ4n) is 2.40. The van der Waals surface area contributed by atoms with E-state index in [0.29, 0.717) is 0 Å². The summed E-state index contributed by atoms with van der Waals surface area (Å²) in [4.78, 5) is 42.0. The molecule has 0 bridgehead atoms. The molecule has 0 unspecified atom stereocenters. The summed E-state index contributed by atoms with van der Waals surface area (Å²) in [6.07, 6.45) is -9.63. The van der Waals surface area contributed by atoms with Crippen molar-refractivity contribution in [2.75, 3.05) is 14.1 Å². The van der Waals surface area contributed by atoms with E-state index in [4.69, 9.17) is 42.1 Å². The Morgan fingerprint density at radius 2 is 0.595 bits per heavy atom. The Labute approximate surface area is 248 Å². The molecule has 0 aliphatic carbocycles. The third-order valence-electron chi connectivity index (χ3n) is 5.64. The number of carbonyl (C=O) groups is 4. The zero-order valence-corrected chi connectivity index (χ0v) is 26.3. The van der Waals surface area contributed by atoms with Gasteiger partial charge < -0.3 is 63.0 Å². The van der Waals surface area contributed by atoms with Gasteiger partial charge in [0.1, 0.15) is 0 Å². The smallest absolute Gasteiger partial charge is 0.251 e. The average molecular weight is 617 g/mol. The lowest BCUT2D eigenvalue weighted by molar-refractivity contribution is -0.137. The summed E-state index contributed by atoms with van der Waals surface area (Å²) >= 11 is 0. The Hall–Kier alpha value is -2.44. The number of rotatable bonds is 12. The number of hydrogen-bond acceptors (Lipinski definition) is 12. The van der Waals surface area contributed by atoms with Crippen LogP contribution in [0.15, 0.2) is 0 Å². The molecule has 0 heterocycles. The van der Waals surface area contributed by atoms with Crippen molar-refractivity contribution in [3.63, 3.8) is 0 Å². The van der Waals surface area contributed by atoms with E-state index in [1.165, 1.54) is 14.1 Å². The lowest BCUT2D eigenvalue weighted by atomic mass is 10.0. The van der Waals surface area contributed by atoms with Gasteiger partial charge in [-0.15, -0.1) is 0 Å². The van der Waals surface area contributed by atoms with Crippen LogP contribution in [0.25, 0.3) is 0 Å². The van der Waals surface area contributed by atoms with E-state index in [2.05, 4.69) is 10.6 Å². The Morgan fingerprint density at radius 1 is 0.429 bits per heavy atom. The molecule has 0 aromatic carbocycles. The van der Waals surface area contributed by atoms with Crippen molar-refractivity contribution in [2.24, 2.45) is 35.1 Å². The normalized spacial score (nSPS) is 16.5. The molecule has 0 fully saturated rings. The van der Waals surface area contributed by atoms with Crippen molar-refractivity contribution in [3.05, 3.63) is 0 Å². The summed E-state index contributed by atoms with van der Waals surface area (Å²) < 4.78 is 0. The summed E-state index contributed by atoms with van der Waals surface area (Å²) in [6.45, 7) is 13.7. The van der Waals surface area contributed by atoms with Crippen molar-refractivity contribution in [1.82, 2.24) is 10.6 Å².